The number of nitriles is 1. The van der Waals surface area contributed by atoms with Gasteiger partial charge in [0.1, 0.15) is 11.5 Å². The number of ether oxygens (including phenoxy) is 2. The van der Waals surface area contributed by atoms with E-state index in [1.807, 2.05) is 53.1 Å². The third kappa shape index (κ3) is 3.59. The third-order valence-electron chi connectivity index (χ3n) is 3.56. The van der Waals surface area contributed by atoms with Crippen LogP contribution in [-0.4, -0.2) is 34.7 Å². The van der Waals surface area contributed by atoms with E-state index in [1.54, 1.807) is 14.2 Å². The van der Waals surface area contributed by atoms with Crippen LogP contribution in [0.25, 0.3) is 17.1 Å². The van der Waals surface area contributed by atoms with Gasteiger partial charge in [0.25, 0.3) is 0 Å². The summed E-state index contributed by atoms with van der Waals surface area (Å²) in [6, 6.07) is 17.4. The van der Waals surface area contributed by atoms with Crippen molar-refractivity contribution < 1.29 is 9.47 Å². The first-order chi connectivity index (χ1) is 12.3. The fourth-order valence-electron chi connectivity index (χ4n) is 2.37. The summed E-state index contributed by atoms with van der Waals surface area (Å²) >= 11 is 1.34. The topological polar surface area (TPSA) is 73.0 Å². The minimum Gasteiger partial charge on any atom is -0.497 e. The first kappa shape index (κ1) is 16.9. The Bertz CT molecular complexity index is 900. The number of hydrogen-bond donors (Lipinski definition) is 0. The molecule has 6 nitrogen and oxygen atoms in total. The van der Waals surface area contributed by atoms with Crippen LogP contribution < -0.4 is 9.47 Å². The Morgan fingerprint density at radius 2 is 1.80 bits per heavy atom. The molecular weight excluding hydrogens is 336 g/mol. The van der Waals surface area contributed by atoms with Crippen LogP contribution >= 0.6 is 11.8 Å². The molecule has 0 amide bonds. The van der Waals surface area contributed by atoms with Crippen LogP contribution in [0.1, 0.15) is 0 Å². The molecule has 0 aliphatic carbocycles. The molecule has 0 saturated carbocycles. The summed E-state index contributed by atoms with van der Waals surface area (Å²) in [6.45, 7) is 0. The molecule has 7 heteroatoms. The summed E-state index contributed by atoms with van der Waals surface area (Å²) in [5, 5.41) is 18.1. The molecule has 0 unspecified atom stereocenters. The fourth-order valence-corrected chi connectivity index (χ4v) is 2.99. The van der Waals surface area contributed by atoms with E-state index < -0.39 is 0 Å². The van der Waals surface area contributed by atoms with Crippen LogP contribution in [-0.2, 0) is 0 Å². The number of rotatable bonds is 6. The van der Waals surface area contributed by atoms with E-state index in [0.717, 1.165) is 22.7 Å². The Morgan fingerprint density at radius 3 is 2.48 bits per heavy atom. The van der Waals surface area contributed by atoms with Gasteiger partial charge in [0.2, 0.25) is 0 Å². The second-order valence-corrected chi connectivity index (χ2v) is 5.96. The molecule has 0 saturated heterocycles. The molecule has 0 radical (unpaired) electrons. The molecule has 0 bridgehead atoms. The lowest BCUT2D eigenvalue weighted by molar-refractivity contribution is 0.414. The predicted molar refractivity (Wildman–Crippen MR) is 96.2 cm³/mol. The van der Waals surface area contributed by atoms with Crippen molar-refractivity contribution in [3.63, 3.8) is 0 Å². The second-order valence-electron chi connectivity index (χ2n) is 5.02. The molecule has 0 N–H and O–H groups in total. The van der Waals surface area contributed by atoms with Gasteiger partial charge in [-0.05, 0) is 36.4 Å². The molecule has 2 aromatic carbocycles. The summed E-state index contributed by atoms with van der Waals surface area (Å²) in [5.41, 5.74) is 1.77. The predicted octanol–water partition coefficient (Wildman–Crippen LogP) is 3.57. The molecule has 1 aromatic heterocycles. The van der Waals surface area contributed by atoms with E-state index in [-0.39, 0.29) is 0 Å². The lowest BCUT2D eigenvalue weighted by Crippen LogP contribution is -2.00. The highest BCUT2D eigenvalue weighted by Crippen LogP contribution is 2.30. The monoisotopic (exact) mass is 352 g/mol. The molecular formula is C18H16N4O2S. The number of thioether (sulfide) groups is 1. The number of benzene rings is 2. The van der Waals surface area contributed by atoms with Crippen molar-refractivity contribution in [3.8, 4) is 34.6 Å². The highest BCUT2D eigenvalue weighted by Gasteiger charge is 2.16. The van der Waals surface area contributed by atoms with Crippen molar-refractivity contribution in [2.75, 3.05) is 20.0 Å². The van der Waals surface area contributed by atoms with Gasteiger partial charge in [-0.15, -0.1) is 10.2 Å². The minimum absolute atomic E-state index is 0.298. The fraction of sp³-hybridized carbons (Fsp3) is 0.167. The molecule has 0 aliphatic rings. The lowest BCUT2D eigenvalue weighted by Gasteiger charge is -2.11. The van der Waals surface area contributed by atoms with Crippen molar-refractivity contribution >= 4 is 11.8 Å². The molecule has 0 spiro atoms. The molecule has 3 aromatic rings. The Balaban J connectivity index is 2.11. The first-order valence-corrected chi connectivity index (χ1v) is 8.49. The molecule has 1 heterocycles. The van der Waals surface area contributed by atoms with Crippen LogP contribution in [0.4, 0.5) is 0 Å². The molecule has 0 aliphatic heterocycles. The first-order valence-electron chi connectivity index (χ1n) is 7.51. The van der Waals surface area contributed by atoms with Crippen LogP contribution in [0.15, 0.2) is 53.7 Å². The van der Waals surface area contributed by atoms with Crippen molar-refractivity contribution in [1.82, 2.24) is 14.8 Å². The zero-order valence-electron chi connectivity index (χ0n) is 13.8. The average molecular weight is 352 g/mol. The summed E-state index contributed by atoms with van der Waals surface area (Å²) in [6.07, 6.45) is 0. The zero-order chi connectivity index (χ0) is 17.6. The molecule has 3 rings (SSSR count). The molecule has 0 fully saturated rings. The normalized spacial score (nSPS) is 10.3. The summed E-state index contributed by atoms with van der Waals surface area (Å²) in [5.74, 6) is 2.50. The zero-order valence-corrected chi connectivity index (χ0v) is 14.7. The Morgan fingerprint density at radius 1 is 1.04 bits per heavy atom. The van der Waals surface area contributed by atoms with E-state index >= 15 is 0 Å². The van der Waals surface area contributed by atoms with Crippen molar-refractivity contribution in [2.45, 2.75) is 5.16 Å². The van der Waals surface area contributed by atoms with Crippen molar-refractivity contribution in [3.05, 3.63) is 48.5 Å². The third-order valence-corrected chi connectivity index (χ3v) is 4.35. The van der Waals surface area contributed by atoms with Crippen LogP contribution in [0.2, 0.25) is 0 Å². The van der Waals surface area contributed by atoms with Crippen molar-refractivity contribution in [2.24, 2.45) is 0 Å². The van der Waals surface area contributed by atoms with Crippen LogP contribution in [0.5, 0.6) is 11.5 Å². The smallest absolute Gasteiger partial charge is 0.197 e. The van der Waals surface area contributed by atoms with Gasteiger partial charge in [-0.1, -0.05) is 23.9 Å². The molecule has 0 atom stereocenters. The van der Waals surface area contributed by atoms with Crippen molar-refractivity contribution in [1.29, 1.82) is 5.26 Å². The molecule has 25 heavy (non-hydrogen) atoms. The van der Waals surface area contributed by atoms with E-state index in [9.17, 15) is 0 Å². The Hall–Kier alpha value is -2.98. The van der Waals surface area contributed by atoms with Crippen LogP contribution in [0, 0.1) is 11.3 Å². The van der Waals surface area contributed by atoms with E-state index in [2.05, 4.69) is 16.3 Å². The lowest BCUT2D eigenvalue weighted by atomic mass is 10.2. The Kier molecular flexibility index (Phi) is 5.21. The maximum Gasteiger partial charge on any atom is 0.197 e. The van der Waals surface area contributed by atoms with Gasteiger partial charge in [-0.25, -0.2) is 0 Å². The Labute approximate surface area is 150 Å². The number of nitrogens with zero attached hydrogens (tertiary/aromatic N) is 4. The minimum atomic E-state index is 0.298. The average Bonchev–Trinajstić information content (AvgIpc) is 3.10. The van der Waals surface area contributed by atoms with Gasteiger partial charge < -0.3 is 9.47 Å². The largest absolute Gasteiger partial charge is 0.497 e. The van der Waals surface area contributed by atoms with E-state index in [0.29, 0.717) is 16.7 Å². The second kappa shape index (κ2) is 7.73. The molecule has 126 valence electrons. The summed E-state index contributed by atoms with van der Waals surface area (Å²) < 4.78 is 12.4. The van der Waals surface area contributed by atoms with E-state index in [4.69, 9.17) is 14.7 Å². The van der Waals surface area contributed by atoms with Gasteiger partial charge in [0.15, 0.2) is 11.0 Å². The summed E-state index contributed by atoms with van der Waals surface area (Å²) in [4.78, 5) is 0. The summed E-state index contributed by atoms with van der Waals surface area (Å²) in [7, 11) is 3.26. The van der Waals surface area contributed by atoms with Gasteiger partial charge in [-0.3, -0.25) is 4.57 Å². The number of hydrogen-bond acceptors (Lipinski definition) is 6. The van der Waals surface area contributed by atoms with Gasteiger partial charge in [-0.2, -0.15) is 5.26 Å². The number of aromatic nitrogens is 3. The SMILES string of the molecule is COc1ccc(-n2c(SCC#N)nnc2-c2cccc(OC)c2)cc1. The quantitative estimate of drug-likeness (QED) is 0.632. The highest BCUT2D eigenvalue weighted by molar-refractivity contribution is 7.99. The highest BCUT2D eigenvalue weighted by atomic mass is 32.2. The maximum atomic E-state index is 8.89. The van der Waals surface area contributed by atoms with E-state index in [1.165, 1.54) is 11.8 Å². The number of methoxy groups -OCH3 is 2. The van der Waals surface area contributed by atoms with Crippen LogP contribution in [0.3, 0.4) is 0 Å². The van der Waals surface area contributed by atoms with Gasteiger partial charge in [0, 0.05) is 11.3 Å². The maximum absolute atomic E-state index is 8.89. The van der Waals surface area contributed by atoms with Gasteiger partial charge in [0.05, 0.1) is 26.0 Å². The standard InChI is InChI=1S/C18H16N4O2S/c1-23-15-8-6-14(7-9-15)22-17(20-21-18(22)25-11-10-19)13-4-3-5-16(12-13)24-2/h3-9,12H,11H2,1-2H3. The van der Waals surface area contributed by atoms with Gasteiger partial charge >= 0.3 is 0 Å².